The van der Waals surface area contributed by atoms with Crippen LogP contribution in [-0.2, 0) is 10.2 Å². The van der Waals surface area contributed by atoms with Gasteiger partial charge in [0.05, 0.1) is 5.41 Å². The molecule has 1 aromatic carbocycles. The average molecular weight is 262 g/mol. The third-order valence-corrected chi connectivity index (χ3v) is 3.91. The lowest BCUT2D eigenvalue weighted by atomic mass is 9.83. The normalized spacial score (nSPS) is 11.6. The van der Waals surface area contributed by atoms with Gasteiger partial charge in [-0.1, -0.05) is 38.8 Å². The predicted octanol–water partition coefficient (Wildman–Crippen LogP) is 3.10. The zero-order valence-corrected chi connectivity index (χ0v) is 12.5. The van der Waals surface area contributed by atoms with Crippen LogP contribution in [0.4, 0.5) is 5.69 Å². The van der Waals surface area contributed by atoms with Crippen molar-refractivity contribution in [2.24, 2.45) is 5.92 Å². The van der Waals surface area contributed by atoms with Crippen molar-refractivity contribution in [3.8, 4) is 0 Å². The van der Waals surface area contributed by atoms with Crippen LogP contribution < -0.4 is 11.1 Å². The zero-order chi connectivity index (χ0) is 14.5. The highest BCUT2D eigenvalue weighted by Gasteiger charge is 2.29. The third-order valence-electron chi connectivity index (χ3n) is 3.91. The molecule has 3 nitrogen and oxygen atoms in total. The molecule has 0 saturated heterocycles. The van der Waals surface area contributed by atoms with Crippen LogP contribution >= 0.6 is 0 Å². The lowest BCUT2D eigenvalue weighted by Crippen LogP contribution is -2.42. The summed E-state index contributed by atoms with van der Waals surface area (Å²) in [5.74, 6) is 0.635. The van der Waals surface area contributed by atoms with Crippen molar-refractivity contribution in [2.45, 2.75) is 46.0 Å². The van der Waals surface area contributed by atoms with Crippen molar-refractivity contribution in [3.05, 3.63) is 29.8 Å². The number of benzene rings is 1. The van der Waals surface area contributed by atoms with Crippen LogP contribution in [0.2, 0.25) is 0 Å². The zero-order valence-electron chi connectivity index (χ0n) is 12.5. The highest BCUT2D eigenvalue weighted by Crippen LogP contribution is 2.24. The summed E-state index contributed by atoms with van der Waals surface area (Å²) in [5, 5.41) is 3.07. The molecule has 1 rings (SSSR count). The Labute approximate surface area is 116 Å². The van der Waals surface area contributed by atoms with Gasteiger partial charge in [-0.15, -0.1) is 0 Å². The summed E-state index contributed by atoms with van der Waals surface area (Å²) < 4.78 is 0. The van der Waals surface area contributed by atoms with E-state index in [0.717, 1.165) is 30.6 Å². The van der Waals surface area contributed by atoms with Gasteiger partial charge in [0, 0.05) is 12.2 Å². The molecule has 3 heteroatoms. The summed E-state index contributed by atoms with van der Waals surface area (Å²) in [6.45, 7) is 8.96. The smallest absolute Gasteiger partial charge is 0.230 e. The van der Waals surface area contributed by atoms with Gasteiger partial charge in [0.25, 0.3) is 0 Å². The molecule has 0 fully saturated rings. The number of amides is 1. The Balaban J connectivity index is 2.71. The summed E-state index contributed by atoms with van der Waals surface area (Å²) >= 11 is 0. The van der Waals surface area contributed by atoms with Crippen LogP contribution in [0.15, 0.2) is 24.3 Å². The highest BCUT2D eigenvalue weighted by atomic mass is 16.2. The first-order valence-electron chi connectivity index (χ1n) is 7.06. The second kappa shape index (κ2) is 6.60. The van der Waals surface area contributed by atoms with E-state index in [9.17, 15) is 4.79 Å². The first-order valence-corrected chi connectivity index (χ1v) is 7.06. The monoisotopic (exact) mass is 262 g/mol. The molecule has 0 bridgehead atoms. The van der Waals surface area contributed by atoms with Gasteiger partial charge in [-0.05, 0) is 37.5 Å². The SMILES string of the molecule is CCC(CC)CNC(=O)C(C)(C)c1ccc(N)cc1. The molecular weight excluding hydrogens is 236 g/mol. The van der Waals surface area contributed by atoms with Crippen molar-refractivity contribution in [1.82, 2.24) is 5.32 Å². The first kappa shape index (κ1) is 15.5. The topological polar surface area (TPSA) is 55.1 Å². The number of hydrogen-bond donors (Lipinski definition) is 2. The van der Waals surface area contributed by atoms with Gasteiger partial charge >= 0.3 is 0 Å². The van der Waals surface area contributed by atoms with Crippen LogP contribution in [0.25, 0.3) is 0 Å². The minimum atomic E-state index is -0.528. The fraction of sp³-hybridized carbons (Fsp3) is 0.562. The van der Waals surface area contributed by atoms with Gasteiger partial charge in [-0.25, -0.2) is 0 Å². The Kier molecular flexibility index (Phi) is 5.40. The highest BCUT2D eigenvalue weighted by molar-refractivity contribution is 5.87. The lowest BCUT2D eigenvalue weighted by Gasteiger charge is -2.25. The van der Waals surface area contributed by atoms with E-state index in [1.165, 1.54) is 0 Å². The van der Waals surface area contributed by atoms with Crippen LogP contribution in [0.3, 0.4) is 0 Å². The maximum atomic E-state index is 12.3. The van der Waals surface area contributed by atoms with Crippen molar-refractivity contribution < 1.29 is 4.79 Å². The second-order valence-corrected chi connectivity index (χ2v) is 5.64. The van der Waals surface area contributed by atoms with Gasteiger partial charge in [-0.3, -0.25) is 4.79 Å². The van der Waals surface area contributed by atoms with E-state index in [4.69, 9.17) is 5.73 Å². The predicted molar refractivity (Wildman–Crippen MR) is 81.0 cm³/mol. The molecule has 0 unspecified atom stereocenters. The summed E-state index contributed by atoms with van der Waals surface area (Å²) in [6.07, 6.45) is 2.19. The molecule has 19 heavy (non-hydrogen) atoms. The molecule has 1 aromatic rings. The minimum Gasteiger partial charge on any atom is -0.399 e. The number of carbonyl (C=O) groups is 1. The number of rotatable bonds is 6. The van der Waals surface area contributed by atoms with Crippen molar-refractivity contribution >= 4 is 11.6 Å². The molecule has 106 valence electrons. The van der Waals surface area contributed by atoms with E-state index in [2.05, 4.69) is 19.2 Å². The third kappa shape index (κ3) is 3.98. The number of nitrogens with one attached hydrogen (secondary N) is 1. The molecule has 0 spiro atoms. The average Bonchev–Trinajstić information content (AvgIpc) is 2.40. The lowest BCUT2D eigenvalue weighted by molar-refractivity contribution is -0.125. The van der Waals surface area contributed by atoms with Crippen molar-refractivity contribution in [1.29, 1.82) is 0 Å². The van der Waals surface area contributed by atoms with E-state index >= 15 is 0 Å². The maximum absolute atomic E-state index is 12.3. The van der Waals surface area contributed by atoms with Gasteiger partial charge in [0.1, 0.15) is 0 Å². The largest absolute Gasteiger partial charge is 0.399 e. The van der Waals surface area contributed by atoms with Crippen molar-refractivity contribution in [2.75, 3.05) is 12.3 Å². The molecule has 0 aliphatic carbocycles. The molecule has 0 aromatic heterocycles. The molecule has 0 radical (unpaired) electrons. The van der Waals surface area contributed by atoms with E-state index in [0.29, 0.717) is 5.92 Å². The summed E-state index contributed by atoms with van der Waals surface area (Å²) in [4.78, 5) is 12.3. The first-order chi connectivity index (χ1) is 8.91. The molecule has 0 aliphatic heterocycles. The van der Waals surface area contributed by atoms with Gasteiger partial charge < -0.3 is 11.1 Å². The molecule has 0 heterocycles. The summed E-state index contributed by atoms with van der Waals surface area (Å²) in [5.41, 5.74) is 6.86. The van der Waals surface area contributed by atoms with Crippen molar-refractivity contribution in [3.63, 3.8) is 0 Å². The van der Waals surface area contributed by atoms with Gasteiger partial charge in [-0.2, -0.15) is 0 Å². The molecule has 0 atom stereocenters. The Bertz CT molecular complexity index is 405. The van der Waals surface area contributed by atoms with Gasteiger partial charge in [0.15, 0.2) is 0 Å². The van der Waals surface area contributed by atoms with Crippen LogP contribution in [0.1, 0.15) is 46.1 Å². The summed E-state index contributed by atoms with van der Waals surface area (Å²) in [7, 11) is 0. The fourth-order valence-corrected chi connectivity index (χ4v) is 2.07. The number of carbonyl (C=O) groups excluding carboxylic acids is 1. The van der Waals surface area contributed by atoms with Crippen LogP contribution in [-0.4, -0.2) is 12.5 Å². The number of hydrogen-bond acceptors (Lipinski definition) is 2. The molecular formula is C16H26N2O. The maximum Gasteiger partial charge on any atom is 0.230 e. The molecule has 0 saturated carbocycles. The van der Waals surface area contributed by atoms with E-state index < -0.39 is 5.41 Å². The summed E-state index contributed by atoms with van der Waals surface area (Å²) in [6, 6.07) is 7.52. The van der Waals surface area contributed by atoms with E-state index in [1.807, 2.05) is 38.1 Å². The number of nitrogen functional groups attached to an aromatic ring is 1. The number of anilines is 1. The number of nitrogens with two attached hydrogens (primary N) is 1. The molecule has 3 N–H and O–H groups in total. The fourth-order valence-electron chi connectivity index (χ4n) is 2.07. The molecule has 1 amide bonds. The Hall–Kier alpha value is -1.51. The Morgan fingerprint density at radius 1 is 1.21 bits per heavy atom. The second-order valence-electron chi connectivity index (χ2n) is 5.64. The van der Waals surface area contributed by atoms with Crippen LogP contribution in [0, 0.1) is 5.92 Å². The quantitative estimate of drug-likeness (QED) is 0.774. The van der Waals surface area contributed by atoms with Gasteiger partial charge in [0.2, 0.25) is 5.91 Å². The molecule has 0 aliphatic rings. The standard InChI is InChI=1S/C16H26N2O/c1-5-12(6-2)11-18-15(19)16(3,4)13-7-9-14(17)10-8-13/h7-10,12H,5-6,11,17H2,1-4H3,(H,18,19). The Morgan fingerprint density at radius 2 is 1.74 bits per heavy atom. The van der Waals surface area contributed by atoms with E-state index in [1.54, 1.807) is 0 Å². The minimum absolute atomic E-state index is 0.0733. The Morgan fingerprint density at radius 3 is 2.21 bits per heavy atom. The van der Waals surface area contributed by atoms with Crippen LogP contribution in [0.5, 0.6) is 0 Å². The van der Waals surface area contributed by atoms with E-state index in [-0.39, 0.29) is 5.91 Å².